The number of nitrogen functional groups attached to an aromatic ring is 1. The standard InChI is InChI=1S/C17H21N6O9P/c1-9(2)30-15(24)27-8-29-33(26)28-5-10-12(32-33)17(25,6-18)16(3,31-10)11-4-20-14-13(19)21-7-22-23(11)14/h4,7,9-10,12,25H,5,8H2,1-3H3,(H2,19,21,22)/t10-,12-,16+,17-,33?/m1/s1. The first kappa shape index (κ1) is 23.3. The van der Waals surface area contributed by atoms with E-state index in [9.17, 15) is 19.7 Å². The van der Waals surface area contributed by atoms with Gasteiger partial charge in [-0.15, -0.1) is 0 Å². The zero-order valence-corrected chi connectivity index (χ0v) is 18.7. The number of imidazole rings is 1. The van der Waals surface area contributed by atoms with Gasteiger partial charge in [0, 0.05) is 0 Å². The van der Waals surface area contributed by atoms with Crippen molar-refractivity contribution in [1.29, 1.82) is 5.26 Å². The van der Waals surface area contributed by atoms with Gasteiger partial charge in [0.2, 0.25) is 12.4 Å². The average Bonchev–Trinajstić information content (AvgIpc) is 3.28. The average molecular weight is 484 g/mol. The molecular formula is C17H21N6O9P. The number of phosphoric ester groups is 1. The quantitative estimate of drug-likeness (QED) is 0.259. The highest BCUT2D eigenvalue weighted by molar-refractivity contribution is 7.48. The van der Waals surface area contributed by atoms with E-state index in [-0.39, 0.29) is 23.8 Å². The van der Waals surface area contributed by atoms with Gasteiger partial charge in [-0.2, -0.15) is 10.4 Å². The van der Waals surface area contributed by atoms with Crippen molar-refractivity contribution >= 4 is 25.4 Å². The second-order valence-electron chi connectivity index (χ2n) is 7.67. The summed E-state index contributed by atoms with van der Waals surface area (Å²) in [4.78, 5) is 19.4. The molecule has 0 amide bonds. The first-order valence-corrected chi connectivity index (χ1v) is 11.2. The van der Waals surface area contributed by atoms with Gasteiger partial charge in [0.1, 0.15) is 24.6 Å². The summed E-state index contributed by atoms with van der Waals surface area (Å²) in [6, 6.07) is 1.78. The number of hydrogen-bond acceptors (Lipinski definition) is 14. The number of nitriles is 1. The van der Waals surface area contributed by atoms with Crippen LogP contribution in [-0.2, 0) is 37.9 Å². The van der Waals surface area contributed by atoms with E-state index in [4.69, 9.17) is 28.8 Å². The van der Waals surface area contributed by atoms with Gasteiger partial charge in [-0.3, -0.25) is 9.05 Å². The highest BCUT2D eigenvalue weighted by Gasteiger charge is 2.69. The maximum absolute atomic E-state index is 12.9. The van der Waals surface area contributed by atoms with Crippen LogP contribution in [-0.4, -0.2) is 68.2 Å². The lowest BCUT2D eigenvalue weighted by molar-refractivity contribution is -0.111. The number of rotatable bonds is 5. The highest BCUT2D eigenvalue weighted by Crippen LogP contribution is 2.60. The smallest absolute Gasteiger partial charge is 0.432 e. The van der Waals surface area contributed by atoms with Gasteiger partial charge >= 0.3 is 14.0 Å². The van der Waals surface area contributed by atoms with Crippen molar-refractivity contribution in [3.8, 4) is 6.07 Å². The Morgan fingerprint density at radius 3 is 2.97 bits per heavy atom. The zero-order chi connectivity index (χ0) is 24.0. The number of aromatic nitrogens is 4. The largest absolute Gasteiger partial charge is 0.510 e. The summed E-state index contributed by atoms with van der Waals surface area (Å²) < 4.78 is 45.1. The number of nitrogens with zero attached hydrogens (tertiary/aromatic N) is 5. The Balaban J connectivity index is 1.58. The van der Waals surface area contributed by atoms with Crippen molar-refractivity contribution in [2.75, 3.05) is 19.1 Å². The molecule has 2 saturated heterocycles. The second-order valence-corrected chi connectivity index (χ2v) is 9.29. The number of aliphatic hydroxyl groups is 1. The Morgan fingerprint density at radius 2 is 2.27 bits per heavy atom. The van der Waals surface area contributed by atoms with Crippen molar-refractivity contribution in [2.24, 2.45) is 0 Å². The third-order valence-corrected chi connectivity index (χ3v) is 6.59. The molecule has 5 atom stereocenters. The van der Waals surface area contributed by atoms with Crippen LogP contribution in [0.3, 0.4) is 0 Å². The molecule has 2 aliphatic heterocycles. The lowest BCUT2D eigenvalue weighted by Gasteiger charge is -2.35. The molecule has 2 aromatic rings. The zero-order valence-electron chi connectivity index (χ0n) is 17.8. The Labute approximate surface area is 186 Å². The topological polar surface area (TPSA) is 203 Å². The molecule has 2 fully saturated rings. The second kappa shape index (κ2) is 8.17. The van der Waals surface area contributed by atoms with E-state index >= 15 is 0 Å². The molecule has 0 radical (unpaired) electrons. The molecule has 1 unspecified atom stereocenters. The Morgan fingerprint density at radius 1 is 1.52 bits per heavy atom. The molecule has 16 heteroatoms. The van der Waals surface area contributed by atoms with Gasteiger partial charge in [-0.25, -0.2) is 28.4 Å². The van der Waals surface area contributed by atoms with E-state index in [1.54, 1.807) is 19.9 Å². The fourth-order valence-electron chi connectivity index (χ4n) is 3.61. The summed E-state index contributed by atoms with van der Waals surface area (Å²) in [5.41, 5.74) is 2.03. The van der Waals surface area contributed by atoms with Gasteiger partial charge in [0.15, 0.2) is 17.1 Å². The van der Waals surface area contributed by atoms with E-state index in [0.717, 1.165) is 0 Å². The highest BCUT2D eigenvalue weighted by atomic mass is 31.2. The molecule has 4 heterocycles. The lowest BCUT2D eigenvalue weighted by Crippen LogP contribution is -2.54. The number of hydrogen-bond donors (Lipinski definition) is 2. The van der Waals surface area contributed by atoms with Crippen LogP contribution in [0.5, 0.6) is 0 Å². The predicted molar refractivity (Wildman–Crippen MR) is 105 cm³/mol. The monoisotopic (exact) mass is 484 g/mol. The Kier molecular flexibility index (Phi) is 5.77. The van der Waals surface area contributed by atoms with Gasteiger partial charge in [-0.1, -0.05) is 0 Å². The minimum absolute atomic E-state index is 0.0734. The third kappa shape index (κ3) is 3.80. The van der Waals surface area contributed by atoms with E-state index in [2.05, 4.69) is 19.8 Å². The summed E-state index contributed by atoms with van der Waals surface area (Å²) >= 11 is 0. The van der Waals surface area contributed by atoms with Crippen LogP contribution in [0.4, 0.5) is 10.6 Å². The molecule has 0 spiro atoms. The normalized spacial score (nSPS) is 33.6. The molecule has 2 aliphatic rings. The van der Waals surface area contributed by atoms with E-state index < -0.39 is 50.3 Å². The van der Waals surface area contributed by atoms with Crippen molar-refractivity contribution < 1.29 is 42.2 Å². The molecule has 15 nitrogen and oxygen atoms in total. The van der Waals surface area contributed by atoms with Crippen LogP contribution in [0.25, 0.3) is 5.65 Å². The van der Waals surface area contributed by atoms with Crippen LogP contribution in [0, 0.1) is 11.3 Å². The predicted octanol–water partition coefficient (Wildman–Crippen LogP) is 0.634. The summed E-state index contributed by atoms with van der Waals surface area (Å²) in [6.07, 6.45) is -1.45. The fourth-order valence-corrected chi connectivity index (χ4v) is 4.89. The molecule has 3 N–H and O–H groups in total. The van der Waals surface area contributed by atoms with Gasteiger partial charge in [0.05, 0.1) is 24.6 Å². The van der Waals surface area contributed by atoms with Crippen molar-refractivity contribution in [2.45, 2.75) is 50.3 Å². The van der Waals surface area contributed by atoms with E-state index in [1.165, 1.54) is 24.0 Å². The van der Waals surface area contributed by atoms with Gasteiger partial charge in [0.25, 0.3) is 0 Å². The summed E-state index contributed by atoms with van der Waals surface area (Å²) in [5, 5.41) is 25.4. The minimum atomic E-state index is -4.35. The molecule has 0 aliphatic carbocycles. The first-order valence-electron chi connectivity index (χ1n) is 9.70. The lowest BCUT2D eigenvalue weighted by atomic mass is 9.80. The molecule has 4 rings (SSSR count). The summed E-state index contributed by atoms with van der Waals surface area (Å²) in [6.45, 7) is 3.48. The number of carbonyl (C=O) groups excluding carboxylic acids is 1. The van der Waals surface area contributed by atoms with Crippen LogP contribution in [0.2, 0.25) is 0 Å². The summed E-state index contributed by atoms with van der Waals surface area (Å²) in [5.74, 6) is 0.0734. The first-order chi connectivity index (χ1) is 15.5. The maximum atomic E-state index is 12.9. The third-order valence-electron chi connectivity index (χ3n) is 5.21. The molecular weight excluding hydrogens is 463 g/mol. The van der Waals surface area contributed by atoms with Crippen LogP contribution < -0.4 is 5.73 Å². The SMILES string of the molecule is CC(C)OC(=O)OCOP1(=O)OC[C@H]2O[C@@](C)(c3cnc4c(N)ncnn34)[C@@](O)(C#N)[C@@H]2O1. The number of phosphoric acid groups is 1. The number of carbonyl (C=O) groups is 1. The minimum Gasteiger partial charge on any atom is -0.432 e. The maximum Gasteiger partial charge on any atom is 0.510 e. The molecule has 0 aromatic carbocycles. The number of nitrogens with two attached hydrogens (primary N) is 1. The fraction of sp³-hybridized carbons (Fsp3) is 0.588. The van der Waals surface area contributed by atoms with E-state index in [0.29, 0.717) is 0 Å². The van der Waals surface area contributed by atoms with Crippen molar-refractivity contribution in [3.63, 3.8) is 0 Å². The molecule has 178 valence electrons. The van der Waals surface area contributed by atoms with Crippen molar-refractivity contribution in [1.82, 2.24) is 19.6 Å². The van der Waals surface area contributed by atoms with E-state index in [1.807, 2.05) is 0 Å². The van der Waals surface area contributed by atoms with Gasteiger partial charge in [-0.05, 0) is 20.8 Å². The molecule has 0 saturated carbocycles. The molecule has 33 heavy (non-hydrogen) atoms. The molecule has 0 bridgehead atoms. The Bertz CT molecular complexity index is 1170. The Hall–Kier alpha value is -2.86. The van der Waals surface area contributed by atoms with Crippen LogP contribution in [0.1, 0.15) is 26.5 Å². The van der Waals surface area contributed by atoms with Crippen molar-refractivity contribution in [3.05, 3.63) is 18.2 Å². The number of ether oxygens (including phenoxy) is 3. The van der Waals surface area contributed by atoms with Crippen LogP contribution >= 0.6 is 7.82 Å². The number of fused-ring (bicyclic) bond motifs is 2. The van der Waals surface area contributed by atoms with Crippen LogP contribution in [0.15, 0.2) is 12.5 Å². The number of anilines is 1. The summed E-state index contributed by atoms with van der Waals surface area (Å²) in [7, 11) is -4.35. The van der Waals surface area contributed by atoms with Gasteiger partial charge < -0.3 is 25.1 Å². The molecule has 2 aromatic heterocycles.